The van der Waals surface area contributed by atoms with Gasteiger partial charge in [-0.1, -0.05) is 18.2 Å². The zero-order valence-electron chi connectivity index (χ0n) is 19.8. The molecule has 2 bridgehead atoms. The van der Waals surface area contributed by atoms with Crippen molar-refractivity contribution in [1.29, 1.82) is 0 Å². The molecule has 4 atom stereocenters. The number of nitrogens with zero attached hydrogens (tertiary/aromatic N) is 4. The van der Waals surface area contributed by atoms with E-state index in [9.17, 15) is 19.1 Å². The van der Waals surface area contributed by atoms with Crippen LogP contribution in [0.1, 0.15) is 30.1 Å². The van der Waals surface area contributed by atoms with Gasteiger partial charge < -0.3 is 15.0 Å². The second-order valence-electron chi connectivity index (χ2n) is 10.1. The van der Waals surface area contributed by atoms with Gasteiger partial charge in [0.15, 0.2) is 0 Å². The summed E-state index contributed by atoms with van der Waals surface area (Å²) in [5.74, 6) is -0.893. The molecule has 0 spiro atoms. The average molecular weight is 490 g/mol. The third-order valence-corrected chi connectivity index (χ3v) is 7.88. The van der Waals surface area contributed by atoms with Gasteiger partial charge in [0, 0.05) is 67.4 Å². The molecule has 1 saturated heterocycles. The summed E-state index contributed by atoms with van der Waals surface area (Å²) in [6, 6.07) is 9.06. The minimum Gasteiger partial charge on any atom is -0.396 e. The molecular weight excluding hydrogens is 461 g/mol. The van der Waals surface area contributed by atoms with Crippen molar-refractivity contribution in [3.05, 3.63) is 82.5 Å². The van der Waals surface area contributed by atoms with Crippen molar-refractivity contribution in [3.63, 3.8) is 0 Å². The molecule has 0 radical (unpaired) electrons. The predicted molar refractivity (Wildman–Crippen MR) is 130 cm³/mol. The number of rotatable bonds is 7. The number of carbonyl (C=O) groups is 1. The van der Waals surface area contributed by atoms with Crippen molar-refractivity contribution in [2.24, 2.45) is 17.8 Å². The molecule has 2 aliphatic heterocycles. The summed E-state index contributed by atoms with van der Waals surface area (Å²) < 4.78 is 16.2. The van der Waals surface area contributed by atoms with Gasteiger partial charge in [-0.2, -0.15) is 0 Å². The number of aliphatic hydroxyl groups excluding tert-OH is 1. The Balaban J connectivity index is 1.44. The fraction of sp³-hybridized carbons (Fsp3) is 0.407. The zero-order chi connectivity index (χ0) is 24.8. The molecule has 0 unspecified atom stereocenters. The number of hydrogen-bond donors (Lipinski definition) is 2. The van der Waals surface area contributed by atoms with E-state index in [0.29, 0.717) is 31.2 Å². The molecule has 1 saturated carbocycles. The van der Waals surface area contributed by atoms with Crippen molar-refractivity contribution in [2.75, 3.05) is 13.2 Å². The number of hydrogen-bond acceptors (Lipinski definition) is 6. The van der Waals surface area contributed by atoms with Crippen molar-refractivity contribution >= 4 is 5.91 Å². The number of aliphatic hydroxyl groups is 1. The highest BCUT2D eigenvalue weighted by molar-refractivity contribution is 5.81. The van der Waals surface area contributed by atoms with Gasteiger partial charge in [-0.15, -0.1) is 0 Å². The van der Waals surface area contributed by atoms with E-state index in [1.54, 1.807) is 41.2 Å². The third kappa shape index (κ3) is 3.92. The van der Waals surface area contributed by atoms with Crippen LogP contribution in [0.4, 0.5) is 4.39 Å². The van der Waals surface area contributed by atoms with Crippen LogP contribution in [0.15, 0.2) is 59.9 Å². The summed E-state index contributed by atoms with van der Waals surface area (Å²) in [6.45, 7) is 1.25. The quantitative estimate of drug-likeness (QED) is 0.528. The monoisotopic (exact) mass is 489 g/mol. The number of aromatic nitrogens is 3. The Hall–Kier alpha value is -3.43. The fourth-order valence-corrected chi connectivity index (χ4v) is 5.93. The van der Waals surface area contributed by atoms with Crippen LogP contribution >= 0.6 is 0 Å². The SMILES string of the molecule is O=C(NCC1CC1)[C@@H]1[C@@H](CO)[C@@H]2Cn3c(ccc(-c4ccccc4F)c3=O)[C@H]1N2Cc1cncnc1. The maximum absolute atomic E-state index is 14.5. The first kappa shape index (κ1) is 23.0. The second kappa shape index (κ2) is 9.22. The number of fused-ring (bicyclic) bond motifs is 4. The lowest BCUT2D eigenvalue weighted by Gasteiger charge is -2.38. The molecule has 186 valence electrons. The molecule has 9 heteroatoms. The van der Waals surface area contributed by atoms with Crippen molar-refractivity contribution in [3.8, 4) is 11.1 Å². The Morgan fingerprint density at radius 2 is 1.89 bits per heavy atom. The normalized spacial score (nSPS) is 24.9. The lowest BCUT2D eigenvalue weighted by molar-refractivity contribution is -0.127. The summed E-state index contributed by atoms with van der Waals surface area (Å²) >= 11 is 0. The van der Waals surface area contributed by atoms with Gasteiger partial charge in [0.25, 0.3) is 5.56 Å². The molecule has 1 amide bonds. The summed E-state index contributed by atoms with van der Waals surface area (Å²) in [6.07, 6.45) is 7.20. The van der Waals surface area contributed by atoms with Gasteiger partial charge in [-0.3, -0.25) is 14.5 Å². The molecule has 2 fully saturated rings. The Bertz CT molecular complexity index is 1340. The summed E-state index contributed by atoms with van der Waals surface area (Å²) in [7, 11) is 0. The van der Waals surface area contributed by atoms with E-state index in [1.807, 2.05) is 6.07 Å². The molecule has 8 nitrogen and oxygen atoms in total. The Kier molecular flexibility index (Phi) is 5.89. The van der Waals surface area contributed by atoms with E-state index in [2.05, 4.69) is 20.2 Å². The van der Waals surface area contributed by atoms with Crippen molar-refractivity contribution in [1.82, 2.24) is 24.8 Å². The fourth-order valence-electron chi connectivity index (χ4n) is 5.93. The zero-order valence-corrected chi connectivity index (χ0v) is 19.8. The first-order chi connectivity index (χ1) is 17.6. The Labute approximate surface area is 207 Å². The molecule has 36 heavy (non-hydrogen) atoms. The Morgan fingerprint density at radius 3 is 2.61 bits per heavy atom. The predicted octanol–water partition coefficient (Wildman–Crippen LogP) is 2.13. The molecule has 1 aliphatic carbocycles. The molecule has 3 aliphatic rings. The van der Waals surface area contributed by atoms with Gasteiger partial charge in [0.1, 0.15) is 12.1 Å². The van der Waals surface area contributed by atoms with Crippen LogP contribution in [0.5, 0.6) is 0 Å². The minimum atomic E-state index is -0.518. The van der Waals surface area contributed by atoms with Gasteiger partial charge >= 0.3 is 0 Å². The number of nitrogens with one attached hydrogen (secondary N) is 1. The summed E-state index contributed by atoms with van der Waals surface area (Å²) in [4.78, 5) is 37.6. The number of carbonyl (C=O) groups excluding carboxylic acids is 1. The smallest absolute Gasteiger partial charge is 0.258 e. The van der Waals surface area contributed by atoms with Crippen LogP contribution in [0, 0.1) is 23.6 Å². The number of amides is 1. The Morgan fingerprint density at radius 1 is 1.11 bits per heavy atom. The topological polar surface area (TPSA) is 100 Å². The average Bonchev–Trinajstić information content (AvgIpc) is 3.69. The lowest BCUT2D eigenvalue weighted by Crippen LogP contribution is -2.46. The maximum Gasteiger partial charge on any atom is 0.258 e. The summed E-state index contributed by atoms with van der Waals surface area (Å²) in [5.41, 5.74) is 1.85. The van der Waals surface area contributed by atoms with E-state index in [4.69, 9.17) is 0 Å². The molecule has 1 aromatic carbocycles. The molecule has 4 heterocycles. The highest BCUT2D eigenvalue weighted by Crippen LogP contribution is 2.49. The number of halogens is 1. The lowest BCUT2D eigenvalue weighted by atomic mass is 9.86. The largest absolute Gasteiger partial charge is 0.396 e. The summed E-state index contributed by atoms with van der Waals surface area (Å²) in [5, 5.41) is 13.6. The standard InChI is InChI=1S/C27H28FN5O3/c28-21-4-2-1-3-18(21)19-7-8-22-25-24(26(35)31-11-16-5-6-16)20(14-34)23(13-33(22)27(19)36)32(25)12-17-9-29-15-30-10-17/h1-4,7-10,15-16,20,23-25,34H,5-6,11-14H2,(H,31,35)/t20-,23-,24+,25+/m0/s1. The van der Waals surface area contributed by atoms with E-state index in [0.717, 1.165) is 18.4 Å². The van der Waals surface area contributed by atoms with E-state index < -0.39 is 17.8 Å². The van der Waals surface area contributed by atoms with Gasteiger partial charge in [-0.25, -0.2) is 14.4 Å². The molecule has 6 rings (SSSR count). The van der Waals surface area contributed by atoms with Crippen molar-refractivity contribution in [2.45, 2.75) is 38.0 Å². The van der Waals surface area contributed by atoms with Crippen molar-refractivity contribution < 1.29 is 14.3 Å². The molecule has 2 aromatic heterocycles. The van der Waals surface area contributed by atoms with Gasteiger partial charge in [0.2, 0.25) is 5.91 Å². The van der Waals surface area contributed by atoms with E-state index in [-0.39, 0.29) is 41.2 Å². The van der Waals surface area contributed by atoms with Crippen LogP contribution < -0.4 is 10.9 Å². The van der Waals surface area contributed by atoms with Crippen LogP contribution in [-0.2, 0) is 17.9 Å². The van der Waals surface area contributed by atoms with E-state index in [1.165, 1.54) is 12.4 Å². The van der Waals surface area contributed by atoms with Crippen LogP contribution in [0.2, 0.25) is 0 Å². The second-order valence-corrected chi connectivity index (χ2v) is 10.1. The molecular formula is C27H28FN5O3. The third-order valence-electron chi connectivity index (χ3n) is 7.88. The van der Waals surface area contributed by atoms with Gasteiger partial charge in [0.05, 0.1) is 17.5 Å². The number of pyridine rings is 1. The van der Waals surface area contributed by atoms with Crippen LogP contribution in [0.25, 0.3) is 11.1 Å². The highest BCUT2D eigenvalue weighted by atomic mass is 19.1. The minimum absolute atomic E-state index is 0.0955. The van der Waals surface area contributed by atoms with Gasteiger partial charge in [-0.05, 0) is 37.0 Å². The highest BCUT2D eigenvalue weighted by Gasteiger charge is 2.55. The first-order valence-electron chi connectivity index (χ1n) is 12.4. The maximum atomic E-state index is 14.5. The van der Waals surface area contributed by atoms with Crippen LogP contribution in [0.3, 0.4) is 0 Å². The number of benzene rings is 1. The van der Waals surface area contributed by atoms with E-state index >= 15 is 0 Å². The first-order valence-corrected chi connectivity index (χ1v) is 12.4. The molecule has 2 N–H and O–H groups in total. The molecule has 3 aromatic rings. The van der Waals surface area contributed by atoms with Crippen LogP contribution in [-0.4, -0.2) is 49.6 Å².